The Balaban J connectivity index is 1.50. The average molecular weight is 422 g/mol. The fourth-order valence-corrected chi connectivity index (χ4v) is 5.33. The predicted molar refractivity (Wildman–Crippen MR) is 107 cm³/mol. The van der Waals surface area contributed by atoms with Crippen molar-refractivity contribution in [3.05, 3.63) is 29.8 Å². The van der Waals surface area contributed by atoms with E-state index in [-0.39, 0.29) is 28.8 Å². The average Bonchev–Trinajstić information content (AvgIpc) is 3.33. The van der Waals surface area contributed by atoms with E-state index in [1.165, 1.54) is 0 Å². The van der Waals surface area contributed by atoms with Crippen LogP contribution in [0.4, 0.5) is 0 Å². The van der Waals surface area contributed by atoms with Crippen molar-refractivity contribution in [3.8, 4) is 0 Å². The molecular formula is C20H27N3O5S. The number of ether oxygens (including phenoxy) is 2. The van der Waals surface area contributed by atoms with Crippen LogP contribution < -0.4 is 4.72 Å². The second-order valence-electron chi connectivity index (χ2n) is 8.04. The topological polar surface area (TPSA) is 97.3 Å². The van der Waals surface area contributed by atoms with Crippen LogP contribution >= 0.6 is 0 Å². The van der Waals surface area contributed by atoms with Crippen molar-refractivity contribution in [1.82, 2.24) is 9.62 Å². The second-order valence-corrected chi connectivity index (χ2v) is 9.69. The third-order valence-corrected chi connectivity index (χ3v) is 7.10. The molecular weight excluding hydrogens is 394 g/mol. The number of nitrogens with zero attached hydrogens (tertiary/aromatic N) is 2. The molecule has 0 aromatic heterocycles. The summed E-state index contributed by atoms with van der Waals surface area (Å²) in [5.41, 5.74) is 0.514. The number of fused-ring (bicyclic) bond motifs is 1. The molecule has 3 heterocycles. The Kier molecular flexibility index (Phi) is 5.63. The molecule has 0 saturated carbocycles. The van der Waals surface area contributed by atoms with Crippen molar-refractivity contribution in [3.63, 3.8) is 0 Å². The van der Waals surface area contributed by atoms with E-state index in [0.717, 1.165) is 12.8 Å². The summed E-state index contributed by atoms with van der Waals surface area (Å²) >= 11 is 0. The molecule has 0 unspecified atom stereocenters. The lowest BCUT2D eigenvalue weighted by molar-refractivity contribution is -0.139. The molecule has 1 atom stereocenters. The van der Waals surface area contributed by atoms with Crippen molar-refractivity contribution in [1.29, 1.82) is 0 Å². The van der Waals surface area contributed by atoms with E-state index in [4.69, 9.17) is 9.47 Å². The van der Waals surface area contributed by atoms with Crippen molar-refractivity contribution >= 4 is 21.8 Å². The van der Waals surface area contributed by atoms with Crippen LogP contribution in [0.3, 0.4) is 0 Å². The van der Waals surface area contributed by atoms with Crippen LogP contribution in [-0.4, -0.2) is 63.7 Å². The Morgan fingerprint density at radius 1 is 1.17 bits per heavy atom. The minimum Gasteiger partial charge on any atom is -0.350 e. The summed E-state index contributed by atoms with van der Waals surface area (Å²) in [5, 5.41) is 0. The smallest absolute Gasteiger partial charge is 0.263 e. The number of rotatable bonds is 4. The van der Waals surface area contributed by atoms with Gasteiger partial charge in [-0.15, -0.1) is 0 Å². The van der Waals surface area contributed by atoms with E-state index in [1.54, 1.807) is 24.3 Å². The molecule has 3 aliphatic heterocycles. The van der Waals surface area contributed by atoms with E-state index in [1.807, 2.05) is 18.7 Å². The molecule has 0 radical (unpaired) electrons. The quantitative estimate of drug-likeness (QED) is 0.792. The summed E-state index contributed by atoms with van der Waals surface area (Å²) in [5.74, 6) is 0.420. The number of carbonyl (C=O) groups is 1. The van der Waals surface area contributed by atoms with Gasteiger partial charge in [0.2, 0.25) is 5.91 Å². The number of amidine groups is 1. The van der Waals surface area contributed by atoms with E-state index >= 15 is 0 Å². The number of hydrogen-bond acceptors (Lipinski definition) is 6. The Morgan fingerprint density at radius 3 is 2.48 bits per heavy atom. The summed E-state index contributed by atoms with van der Waals surface area (Å²) in [7, 11) is -3.63. The second kappa shape index (κ2) is 8.04. The van der Waals surface area contributed by atoms with Gasteiger partial charge in [0.05, 0.1) is 18.1 Å². The number of likely N-dealkylation sites (tertiary alicyclic amines) is 1. The maximum atomic E-state index is 13.2. The molecule has 9 heteroatoms. The molecule has 158 valence electrons. The lowest BCUT2D eigenvalue weighted by Gasteiger charge is -2.35. The Morgan fingerprint density at radius 2 is 1.83 bits per heavy atom. The number of piperidine rings is 1. The molecule has 0 aliphatic carbocycles. The fraction of sp³-hybridized carbons (Fsp3) is 0.600. The van der Waals surface area contributed by atoms with Crippen LogP contribution in [0.25, 0.3) is 0 Å². The molecule has 1 amide bonds. The van der Waals surface area contributed by atoms with Crippen molar-refractivity contribution in [2.45, 2.75) is 43.9 Å². The van der Waals surface area contributed by atoms with Gasteiger partial charge in [-0.3, -0.25) is 14.5 Å². The monoisotopic (exact) mass is 421 g/mol. The Labute approximate surface area is 171 Å². The van der Waals surface area contributed by atoms with Gasteiger partial charge in [-0.2, -0.15) is 0 Å². The third kappa shape index (κ3) is 4.04. The van der Waals surface area contributed by atoms with E-state index in [9.17, 15) is 13.2 Å². The summed E-state index contributed by atoms with van der Waals surface area (Å²) in [6.07, 6.45) is 1.50. The van der Waals surface area contributed by atoms with Gasteiger partial charge < -0.3 is 14.4 Å². The number of benzene rings is 1. The summed E-state index contributed by atoms with van der Waals surface area (Å²) in [6, 6.07) is 6.05. The Bertz CT molecular complexity index is 900. The minimum atomic E-state index is -3.63. The lowest BCUT2D eigenvalue weighted by Crippen LogP contribution is -2.47. The first-order valence-corrected chi connectivity index (χ1v) is 11.6. The molecule has 0 spiro atoms. The van der Waals surface area contributed by atoms with Gasteiger partial charge in [0.1, 0.15) is 11.9 Å². The predicted octanol–water partition coefficient (Wildman–Crippen LogP) is 1.36. The summed E-state index contributed by atoms with van der Waals surface area (Å²) < 4.78 is 38.4. The molecule has 2 fully saturated rings. The van der Waals surface area contributed by atoms with Crippen LogP contribution in [-0.2, 0) is 24.3 Å². The fourth-order valence-electron chi connectivity index (χ4n) is 4.09. The molecule has 3 aliphatic rings. The molecule has 1 N–H and O–H groups in total. The van der Waals surface area contributed by atoms with Gasteiger partial charge in [0.15, 0.2) is 6.29 Å². The maximum Gasteiger partial charge on any atom is 0.263 e. The van der Waals surface area contributed by atoms with Crippen LogP contribution in [0.5, 0.6) is 0 Å². The highest BCUT2D eigenvalue weighted by atomic mass is 32.2. The zero-order chi connectivity index (χ0) is 20.6. The molecule has 1 aromatic rings. The van der Waals surface area contributed by atoms with Gasteiger partial charge in [-0.25, -0.2) is 8.42 Å². The first kappa shape index (κ1) is 20.3. The molecule has 8 nitrogen and oxygen atoms in total. The highest BCUT2D eigenvalue weighted by molar-refractivity contribution is 7.90. The highest BCUT2D eigenvalue weighted by Gasteiger charge is 2.36. The largest absolute Gasteiger partial charge is 0.350 e. The van der Waals surface area contributed by atoms with E-state index < -0.39 is 16.1 Å². The van der Waals surface area contributed by atoms with Crippen LogP contribution in [0.1, 0.15) is 32.3 Å². The Hall–Kier alpha value is -1.97. The molecule has 0 bridgehead atoms. The zero-order valence-corrected chi connectivity index (χ0v) is 17.5. The zero-order valence-electron chi connectivity index (χ0n) is 16.7. The highest BCUT2D eigenvalue weighted by Crippen LogP contribution is 2.28. The number of amides is 1. The summed E-state index contributed by atoms with van der Waals surface area (Å²) in [4.78, 5) is 19.8. The van der Waals surface area contributed by atoms with Crippen LogP contribution in [0.15, 0.2) is 34.2 Å². The lowest BCUT2D eigenvalue weighted by atomic mass is 9.94. The van der Waals surface area contributed by atoms with Crippen LogP contribution in [0, 0.1) is 11.8 Å². The number of carbonyl (C=O) groups excluding carboxylic acids is 1. The van der Waals surface area contributed by atoms with Gasteiger partial charge in [-0.05, 0) is 30.9 Å². The normalized spacial score (nSPS) is 24.7. The molecule has 29 heavy (non-hydrogen) atoms. The first-order chi connectivity index (χ1) is 13.9. The number of hydrogen-bond donors (Lipinski definition) is 1. The molecule has 1 aromatic carbocycles. The number of nitrogens with one attached hydrogen (secondary N) is 1. The van der Waals surface area contributed by atoms with Gasteiger partial charge in [0, 0.05) is 24.6 Å². The third-order valence-electron chi connectivity index (χ3n) is 5.70. The van der Waals surface area contributed by atoms with Gasteiger partial charge in [-0.1, -0.05) is 26.0 Å². The van der Waals surface area contributed by atoms with Crippen LogP contribution in [0.2, 0.25) is 0 Å². The number of aliphatic imine (C=N–C) groups is 1. The van der Waals surface area contributed by atoms with Crippen molar-refractivity contribution in [2.75, 3.05) is 26.3 Å². The molecule has 2 saturated heterocycles. The van der Waals surface area contributed by atoms with Crippen molar-refractivity contribution in [2.24, 2.45) is 16.8 Å². The van der Waals surface area contributed by atoms with E-state index in [0.29, 0.717) is 37.8 Å². The minimum absolute atomic E-state index is 0.0634. The number of sulfonamides is 1. The van der Waals surface area contributed by atoms with E-state index in [2.05, 4.69) is 9.71 Å². The summed E-state index contributed by atoms with van der Waals surface area (Å²) in [6.45, 7) is 6.37. The maximum absolute atomic E-state index is 13.2. The van der Waals surface area contributed by atoms with Gasteiger partial charge in [0.25, 0.3) is 10.0 Å². The van der Waals surface area contributed by atoms with Crippen molar-refractivity contribution < 1.29 is 22.7 Å². The van der Waals surface area contributed by atoms with Gasteiger partial charge >= 0.3 is 0 Å². The molecule has 4 rings (SSSR count). The first-order valence-electron chi connectivity index (χ1n) is 10.1. The standard InChI is InChI=1S/C20H27N3O5S/c1-13(2)17(21-18-15-5-3-4-6-16(15)29(25,26)22-18)19(24)23-9-7-14(8-10-23)20-27-11-12-28-20/h3-6,13-14,17,20H,7-12H2,1-2H3,(H,21,22)/t17-/m0/s1. The SMILES string of the molecule is CC(C)[C@H](N=C1NS(=O)(=O)c2ccccc21)C(=O)N1CCC(C2OCCO2)CC1.